The molecule has 0 bridgehead atoms. The molecule has 1 aromatic carbocycles. The molecule has 0 spiro atoms. The standard InChI is InChI=1S/C14H19BrN2O2.ClH/c1-9-5-11(15)4-3-10(9)7-17-14(18)13-6-12(19-2)8-16-13;/h3-5,12-13,16H,6-8H2,1-2H3,(H,17,18);1H/t12-,13-;/m0./s1. The number of rotatable bonds is 4. The van der Waals surface area contributed by atoms with Gasteiger partial charge in [0, 0.05) is 24.7 Å². The zero-order valence-corrected chi connectivity index (χ0v) is 14.0. The van der Waals surface area contributed by atoms with Crippen molar-refractivity contribution in [2.75, 3.05) is 13.7 Å². The van der Waals surface area contributed by atoms with E-state index in [4.69, 9.17) is 4.74 Å². The van der Waals surface area contributed by atoms with Gasteiger partial charge >= 0.3 is 0 Å². The normalized spacial score (nSPS) is 21.4. The zero-order chi connectivity index (χ0) is 13.8. The van der Waals surface area contributed by atoms with Gasteiger partial charge in [-0.3, -0.25) is 4.79 Å². The average molecular weight is 364 g/mol. The molecule has 20 heavy (non-hydrogen) atoms. The minimum Gasteiger partial charge on any atom is -0.380 e. The van der Waals surface area contributed by atoms with Crippen LogP contribution in [0.15, 0.2) is 22.7 Å². The third kappa shape index (κ3) is 4.45. The van der Waals surface area contributed by atoms with Crippen molar-refractivity contribution < 1.29 is 9.53 Å². The van der Waals surface area contributed by atoms with Gasteiger partial charge in [0.1, 0.15) is 0 Å². The van der Waals surface area contributed by atoms with Crippen LogP contribution < -0.4 is 10.6 Å². The van der Waals surface area contributed by atoms with Crippen LogP contribution in [0.4, 0.5) is 0 Å². The van der Waals surface area contributed by atoms with E-state index in [1.807, 2.05) is 19.1 Å². The second-order valence-electron chi connectivity index (χ2n) is 4.84. The number of carbonyl (C=O) groups is 1. The SMILES string of the molecule is CO[C@@H]1CN[C@H](C(=O)NCc2ccc(Br)cc2C)C1.Cl. The second kappa shape index (κ2) is 7.98. The van der Waals surface area contributed by atoms with E-state index in [1.54, 1.807) is 7.11 Å². The molecular formula is C14H20BrClN2O2. The first-order chi connectivity index (χ1) is 9.10. The van der Waals surface area contributed by atoms with Crippen LogP contribution in [-0.2, 0) is 16.1 Å². The van der Waals surface area contributed by atoms with Gasteiger partial charge in [-0.15, -0.1) is 12.4 Å². The zero-order valence-electron chi connectivity index (χ0n) is 11.6. The molecule has 0 unspecified atom stereocenters. The quantitative estimate of drug-likeness (QED) is 0.862. The Labute approximate surface area is 134 Å². The smallest absolute Gasteiger partial charge is 0.237 e. The number of methoxy groups -OCH3 is 1. The van der Waals surface area contributed by atoms with E-state index in [1.165, 1.54) is 5.56 Å². The largest absolute Gasteiger partial charge is 0.380 e. The molecule has 1 fully saturated rings. The molecule has 2 rings (SSSR count). The van der Waals surface area contributed by atoms with Gasteiger partial charge in [-0.25, -0.2) is 0 Å². The van der Waals surface area contributed by atoms with Crippen molar-refractivity contribution in [3.8, 4) is 0 Å². The van der Waals surface area contributed by atoms with Crippen molar-refractivity contribution in [3.05, 3.63) is 33.8 Å². The number of aryl methyl sites for hydroxylation is 1. The van der Waals surface area contributed by atoms with Gasteiger partial charge in [-0.1, -0.05) is 22.0 Å². The Kier molecular flexibility index (Phi) is 6.95. The Balaban J connectivity index is 0.00000200. The first-order valence-electron chi connectivity index (χ1n) is 6.39. The Morgan fingerprint density at radius 1 is 1.55 bits per heavy atom. The molecule has 0 aliphatic carbocycles. The maximum absolute atomic E-state index is 12.0. The fourth-order valence-corrected chi connectivity index (χ4v) is 2.72. The molecule has 4 nitrogen and oxygen atoms in total. The Hall–Kier alpha value is -0.620. The lowest BCUT2D eigenvalue weighted by molar-refractivity contribution is -0.123. The number of carbonyl (C=O) groups excluding carboxylic acids is 1. The molecule has 2 N–H and O–H groups in total. The molecule has 1 aliphatic rings. The van der Waals surface area contributed by atoms with Gasteiger partial charge in [-0.05, 0) is 36.6 Å². The van der Waals surface area contributed by atoms with Crippen LogP contribution in [0.1, 0.15) is 17.5 Å². The summed E-state index contributed by atoms with van der Waals surface area (Å²) >= 11 is 3.43. The molecule has 0 radical (unpaired) electrons. The highest BCUT2D eigenvalue weighted by Gasteiger charge is 2.28. The summed E-state index contributed by atoms with van der Waals surface area (Å²) in [7, 11) is 1.68. The summed E-state index contributed by atoms with van der Waals surface area (Å²) in [5.74, 6) is 0.0434. The van der Waals surface area contributed by atoms with E-state index in [2.05, 4.69) is 32.6 Å². The van der Waals surface area contributed by atoms with Gasteiger partial charge in [0.2, 0.25) is 5.91 Å². The van der Waals surface area contributed by atoms with Crippen LogP contribution in [-0.4, -0.2) is 31.7 Å². The molecule has 1 amide bonds. The Morgan fingerprint density at radius 2 is 2.30 bits per heavy atom. The van der Waals surface area contributed by atoms with Crippen molar-refractivity contribution in [1.29, 1.82) is 0 Å². The molecule has 6 heteroatoms. The predicted molar refractivity (Wildman–Crippen MR) is 85.2 cm³/mol. The highest BCUT2D eigenvalue weighted by Crippen LogP contribution is 2.16. The molecule has 1 aliphatic heterocycles. The Morgan fingerprint density at radius 3 is 2.90 bits per heavy atom. The maximum atomic E-state index is 12.0. The fourth-order valence-electron chi connectivity index (χ4n) is 2.25. The molecule has 112 valence electrons. The molecule has 2 atom stereocenters. The van der Waals surface area contributed by atoms with Gasteiger partial charge in [0.05, 0.1) is 12.1 Å². The highest BCUT2D eigenvalue weighted by molar-refractivity contribution is 9.10. The number of halogens is 2. The molecule has 0 aromatic heterocycles. The molecule has 1 heterocycles. The minimum atomic E-state index is -0.138. The minimum absolute atomic E-state index is 0. The van der Waals surface area contributed by atoms with Crippen molar-refractivity contribution in [1.82, 2.24) is 10.6 Å². The summed E-state index contributed by atoms with van der Waals surface area (Å²) in [5.41, 5.74) is 2.31. The van der Waals surface area contributed by atoms with Crippen LogP contribution in [0, 0.1) is 6.92 Å². The van der Waals surface area contributed by atoms with Gasteiger partial charge in [0.25, 0.3) is 0 Å². The Bertz CT molecular complexity index is 470. The predicted octanol–water partition coefficient (Wildman–Crippen LogP) is 2.17. The van der Waals surface area contributed by atoms with E-state index < -0.39 is 0 Å². The van der Waals surface area contributed by atoms with E-state index >= 15 is 0 Å². The summed E-state index contributed by atoms with van der Waals surface area (Å²) < 4.78 is 6.29. The fraction of sp³-hybridized carbons (Fsp3) is 0.500. The first-order valence-corrected chi connectivity index (χ1v) is 7.18. The van der Waals surface area contributed by atoms with Crippen molar-refractivity contribution >= 4 is 34.2 Å². The number of amides is 1. The third-order valence-electron chi connectivity index (χ3n) is 3.50. The number of benzene rings is 1. The van der Waals surface area contributed by atoms with E-state index in [-0.39, 0.29) is 30.5 Å². The molecule has 0 saturated carbocycles. The van der Waals surface area contributed by atoms with Crippen LogP contribution in [0.25, 0.3) is 0 Å². The van der Waals surface area contributed by atoms with Crippen LogP contribution in [0.5, 0.6) is 0 Å². The summed E-state index contributed by atoms with van der Waals surface area (Å²) in [6.07, 6.45) is 0.881. The van der Waals surface area contributed by atoms with Crippen LogP contribution in [0.3, 0.4) is 0 Å². The third-order valence-corrected chi connectivity index (χ3v) is 3.99. The topological polar surface area (TPSA) is 50.4 Å². The number of nitrogens with one attached hydrogen (secondary N) is 2. The first kappa shape index (κ1) is 17.4. The van der Waals surface area contributed by atoms with Crippen LogP contribution in [0.2, 0.25) is 0 Å². The lowest BCUT2D eigenvalue weighted by Gasteiger charge is -2.12. The van der Waals surface area contributed by atoms with Gasteiger partial charge < -0.3 is 15.4 Å². The lowest BCUT2D eigenvalue weighted by atomic mass is 10.1. The summed E-state index contributed by atoms with van der Waals surface area (Å²) in [6, 6.07) is 5.93. The van der Waals surface area contributed by atoms with Gasteiger partial charge in [0.15, 0.2) is 0 Å². The van der Waals surface area contributed by atoms with E-state index in [0.717, 1.165) is 23.0 Å². The molecule has 1 aromatic rings. The highest BCUT2D eigenvalue weighted by atomic mass is 79.9. The second-order valence-corrected chi connectivity index (χ2v) is 5.76. The lowest BCUT2D eigenvalue weighted by Crippen LogP contribution is -2.40. The average Bonchev–Trinajstić information content (AvgIpc) is 2.86. The van der Waals surface area contributed by atoms with E-state index in [0.29, 0.717) is 6.54 Å². The monoisotopic (exact) mass is 362 g/mol. The number of ether oxygens (including phenoxy) is 1. The van der Waals surface area contributed by atoms with Crippen molar-refractivity contribution in [3.63, 3.8) is 0 Å². The number of hydrogen-bond acceptors (Lipinski definition) is 3. The van der Waals surface area contributed by atoms with E-state index in [9.17, 15) is 4.79 Å². The molecule has 1 saturated heterocycles. The summed E-state index contributed by atoms with van der Waals surface area (Å²) in [4.78, 5) is 12.0. The molecular weight excluding hydrogens is 344 g/mol. The number of hydrogen-bond donors (Lipinski definition) is 2. The maximum Gasteiger partial charge on any atom is 0.237 e. The van der Waals surface area contributed by atoms with Crippen LogP contribution >= 0.6 is 28.3 Å². The summed E-state index contributed by atoms with van der Waals surface area (Å²) in [6.45, 7) is 3.35. The van der Waals surface area contributed by atoms with Crippen molar-refractivity contribution in [2.24, 2.45) is 0 Å². The van der Waals surface area contributed by atoms with Crippen molar-refractivity contribution in [2.45, 2.75) is 32.0 Å². The van der Waals surface area contributed by atoms with Gasteiger partial charge in [-0.2, -0.15) is 0 Å². The summed E-state index contributed by atoms with van der Waals surface area (Å²) in [5, 5.41) is 6.15.